The summed E-state index contributed by atoms with van der Waals surface area (Å²) in [5, 5.41) is 17.8. The molecule has 0 aliphatic heterocycles. The third kappa shape index (κ3) is 15.7. The van der Waals surface area contributed by atoms with Crippen molar-refractivity contribution in [3.05, 3.63) is 0 Å². The number of likely N-dealkylation sites (N-methyl/N-ethyl adjacent to an activating group) is 1. The van der Waals surface area contributed by atoms with Crippen LogP contribution >= 0.6 is 0 Å². The second kappa shape index (κ2) is 18.5. The van der Waals surface area contributed by atoms with Crippen LogP contribution in [0.2, 0.25) is 0 Å². The summed E-state index contributed by atoms with van der Waals surface area (Å²) in [5.41, 5.74) is 0. The molecule has 0 unspecified atom stereocenters. The van der Waals surface area contributed by atoms with Crippen molar-refractivity contribution in [2.75, 3.05) is 33.3 Å². The number of aliphatic hydroxyl groups excluding tert-OH is 1. The zero-order valence-electron chi connectivity index (χ0n) is 15.5. The van der Waals surface area contributed by atoms with Crippen molar-refractivity contribution >= 4 is 41.6 Å². The SMILES string of the molecule is CCCCCCCCCCCC(=O)N(C)CCN(CCO)C(=O)O.[NaH]. The Hall–Kier alpha value is -0.300. The van der Waals surface area contributed by atoms with Crippen LogP contribution in [-0.4, -0.2) is 94.9 Å². The van der Waals surface area contributed by atoms with Gasteiger partial charge in [-0.25, -0.2) is 4.79 Å². The van der Waals surface area contributed by atoms with Crippen molar-refractivity contribution < 1.29 is 19.8 Å². The molecule has 0 aromatic heterocycles. The molecule has 144 valence electrons. The molecular formula is C18H37N2NaO4. The van der Waals surface area contributed by atoms with E-state index in [1.807, 2.05) is 0 Å². The fourth-order valence-corrected chi connectivity index (χ4v) is 2.60. The minimum atomic E-state index is -1.07. The van der Waals surface area contributed by atoms with Crippen LogP contribution < -0.4 is 0 Å². The van der Waals surface area contributed by atoms with Crippen molar-refractivity contribution in [1.82, 2.24) is 9.80 Å². The molecule has 0 spiro atoms. The molecular weight excluding hydrogens is 331 g/mol. The van der Waals surface area contributed by atoms with Gasteiger partial charge < -0.3 is 20.0 Å². The van der Waals surface area contributed by atoms with E-state index in [2.05, 4.69) is 6.92 Å². The topological polar surface area (TPSA) is 81.1 Å². The Morgan fingerprint density at radius 3 is 1.84 bits per heavy atom. The molecule has 0 aromatic rings. The molecule has 6 nitrogen and oxygen atoms in total. The van der Waals surface area contributed by atoms with Gasteiger partial charge in [0.15, 0.2) is 0 Å². The molecule has 0 atom stereocenters. The molecule has 0 radical (unpaired) electrons. The van der Waals surface area contributed by atoms with E-state index in [-0.39, 0.29) is 55.2 Å². The number of amides is 2. The fourth-order valence-electron chi connectivity index (χ4n) is 2.60. The van der Waals surface area contributed by atoms with Crippen LogP contribution in [0.1, 0.15) is 71.1 Å². The number of carboxylic acid groups (broad SMARTS) is 1. The molecule has 2 amide bonds. The quantitative estimate of drug-likeness (QED) is 0.344. The van der Waals surface area contributed by atoms with E-state index in [1.54, 1.807) is 11.9 Å². The van der Waals surface area contributed by atoms with Gasteiger partial charge >= 0.3 is 35.7 Å². The first-order chi connectivity index (χ1) is 11.5. The van der Waals surface area contributed by atoms with Crippen LogP contribution in [0.5, 0.6) is 0 Å². The van der Waals surface area contributed by atoms with Gasteiger partial charge in [-0.05, 0) is 6.42 Å². The Morgan fingerprint density at radius 1 is 0.840 bits per heavy atom. The average Bonchev–Trinajstić information content (AvgIpc) is 2.56. The van der Waals surface area contributed by atoms with Crippen molar-refractivity contribution in [2.45, 2.75) is 71.1 Å². The number of carbonyl (C=O) groups excluding carboxylic acids is 1. The standard InChI is InChI=1S/C18H36N2O4.Na.H/c1-3-4-5-6-7-8-9-10-11-12-17(22)19(2)13-14-20(15-16-21)18(23)24;;/h21H,3-16H2,1-2H3,(H,23,24);;. The fraction of sp³-hybridized carbons (Fsp3) is 0.889. The summed E-state index contributed by atoms with van der Waals surface area (Å²) in [6.07, 6.45) is 10.4. The van der Waals surface area contributed by atoms with Gasteiger partial charge in [0.05, 0.1) is 6.61 Å². The zero-order chi connectivity index (χ0) is 18.2. The van der Waals surface area contributed by atoms with Gasteiger partial charge in [0.1, 0.15) is 0 Å². The van der Waals surface area contributed by atoms with Gasteiger partial charge in [-0.15, -0.1) is 0 Å². The first-order valence-corrected chi connectivity index (χ1v) is 9.35. The first-order valence-electron chi connectivity index (χ1n) is 9.35. The Balaban J connectivity index is 0. The van der Waals surface area contributed by atoms with Crippen LogP contribution in [-0.2, 0) is 4.79 Å². The molecule has 2 N–H and O–H groups in total. The van der Waals surface area contributed by atoms with Gasteiger partial charge in [0.2, 0.25) is 5.91 Å². The summed E-state index contributed by atoms with van der Waals surface area (Å²) in [6, 6.07) is 0. The van der Waals surface area contributed by atoms with E-state index in [1.165, 1.54) is 44.9 Å². The van der Waals surface area contributed by atoms with Crippen molar-refractivity contribution in [2.24, 2.45) is 0 Å². The Morgan fingerprint density at radius 2 is 1.36 bits per heavy atom. The maximum atomic E-state index is 12.0. The first kappa shape index (κ1) is 26.9. The Bertz CT molecular complexity index is 343. The van der Waals surface area contributed by atoms with Crippen LogP contribution in [0.4, 0.5) is 4.79 Å². The molecule has 0 bridgehead atoms. The summed E-state index contributed by atoms with van der Waals surface area (Å²) in [6.45, 7) is 2.69. The number of unbranched alkanes of at least 4 members (excludes halogenated alkanes) is 8. The molecule has 0 aliphatic carbocycles. The predicted octanol–water partition coefficient (Wildman–Crippen LogP) is 2.69. The minimum absolute atomic E-state index is 0. The van der Waals surface area contributed by atoms with Crippen molar-refractivity contribution in [1.29, 1.82) is 0 Å². The molecule has 0 saturated heterocycles. The van der Waals surface area contributed by atoms with E-state index < -0.39 is 6.09 Å². The third-order valence-corrected chi connectivity index (χ3v) is 4.27. The van der Waals surface area contributed by atoms with Gasteiger partial charge in [0, 0.05) is 33.1 Å². The molecule has 0 heterocycles. The number of aliphatic hydroxyl groups is 1. The number of nitrogens with zero attached hydrogens (tertiary/aromatic N) is 2. The summed E-state index contributed by atoms with van der Waals surface area (Å²) in [7, 11) is 1.70. The summed E-state index contributed by atoms with van der Waals surface area (Å²) in [4.78, 5) is 25.6. The van der Waals surface area contributed by atoms with Crippen LogP contribution in [0.15, 0.2) is 0 Å². The van der Waals surface area contributed by atoms with Gasteiger partial charge in [-0.1, -0.05) is 58.3 Å². The van der Waals surface area contributed by atoms with Crippen molar-refractivity contribution in [3.8, 4) is 0 Å². The number of rotatable bonds is 15. The van der Waals surface area contributed by atoms with Crippen LogP contribution in [0.25, 0.3) is 0 Å². The van der Waals surface area contributed by atoms with Crippen LogP contribution in [0.3, 0.4) is 0 Å². The molecule has 0 fully saturated rings. The molecule has 25 heavy (non-hydrogen) atoms. The number of carbonyl (C=O) groups is 2. The normalized spacial score (nSPS) is 10.2. The molecule has 0 rings (SSSR count). The number of hydrogen-bond donors (Lipinski definition) is 2. The summed E-state index contributed by atoms with van der Waals surface area (Å²) in [5.74, 6) is 0.0623. The van der Waals surface area contributed by atoms with E-state index in [0.717, 1.165) is 17.7 Å². The number of hydrogen-bond acceptors (Lipinski definition) is 3. The van der Waals surface area contributed by atoms with Gasteiger partial charge in [-0.3, -0.25) is 4.79 Å². The zero-order valence-corrected chi connectivity index (χ0v) is 15.5. The predicted molar refractivity (Wildman–Crippen MR) is 103 cm³/mol. The second-order valence-corrected chi connectivity index (χ2v) is 6.39. The van der Waals surface area contributed by atoms with Gasteiger partial charge in [-0.2, -0.15) is 0 Å². The Labute approximate surface area is 175 Å². The average molecular weight is 368 g/mol. The van der Waals surface area contributed by atoms with Crippen LogP contribution in [0, 0.1) is 0 Å². The molecule has 0 aliphatic rings. The van der Waals surface area contributed by atoms with E-state index in [4.69, 9.17) is 10.2 Å². The van der Waals surface area contributed by atoms with E-state index in [0.29, 0.717) is 13.0 Å². The molecule has 7 heteroatoms. The maximum absolute atomic E-state index is 12.0. The van der Waals surface area contributed by atoms with Gasteiger partial charge in [0.25, 0.3) is 0 Å². The van der Waals surface area contributed by atoms with Crippen molar-refractivity contribution in [3.63, 3.8) is 0 Å². The summed E-state index contributed by atoms with van der Waals surface area (Å²) >= 11 is 0. The summed E-state index contributed by atoms with van der Waals surface area (Å²) < 4.78 is 0. The van der Waals surface area contributed by atoms with E-state index >= 15 is 0 Å². The molecule has 0 saturated carbocycles. The van der Waals surface area contributed by atoms with E-state index in [9.17, 15) is 9.59 Å². The second-order valence-electron chi connectivity index (χ2n) is 6.39. The monoisotopic (exact) mass is 368 g/mol. The third-order valence-electron chi connectivity index (χ3n) is 4.27. The molecule has 0 aromatic carbocycles. The Kier molecular flexibility index (Phi) is 19.9.